The number of aryl methyl sites for hydroxylation is 1. The fourth-order valence-electron chi connectivity index (χ4n) is 1.36. The molecule has 0 saturated carbocycles. The van der Waals surface area contributed by atoms with Gasteiger partial charge in [-0.3, -0.25) is 4.68 Å². The van der Waals surface area contributed by atoms with E-state index in [0.29, 0.717) is 5.02 Å². The zero-order valence-electron chi connectivity index (χ0n) is 8.72. The van der Waals surface area contributed by atoms with Gasteiger partial charge in [0.05, 0.1) is 22.7 Å². The second-order valence-electron chi connectivity index (χ2n) is 3.34. The molecule has 84 valence electrons. The maximum absolute atomic E-state index is 9.23. The van der Waals surface area contributed by atoms with Crippen molar-refractivity contribution in [1.82, 2.24) is 9.78 Å². The largest absolute Gasteiger partial charge is 0.392 e. The topological polar surface area (TPSA) is 38.0 Å². The third-order valence-corrected chi connectivity index (χ3v) is 3.68. The van der Waals surface area contributed by atoms with E-state index in [1.54, 1.807) is 10.9 Å². The van der Waals surface area contributed by atoms with E-state index in [4.69, 9.17) is 11.6 Å². The monoisotopic (exact) mass is 254 g/mol. The van der Waals surface area contributed by atoms with Gasteiger partial charge in [0.25, 0.3) is 0 Å². The standard InChI is InChI=1S/C11H11ClN2OS/c1-14-6-9(5-13-14)16-11-8(7-15)3-2-4-10(11)12/h2-6,15H,7H2,1H3. The van der Waals surface area contributed by atoms with Crippen molar-refractivity contribution >= 4 is 23.4 Å². The Hall–Kier alpha value is -0.970. The Morgan fingerprint density at radius 1 is 1.50 bits per heavy atom. The molecule has 0 saturated heterocycles. The molecule has 0 spiro atoms. The molecule has 5 heteroatoms. The molecule has 0 radical (unpaired) electrons. The van der Waals surface area contributed by atoms with Gasteiger partial charge in [-0.05, 0) is 11.6 Å². The van der Waals surface area contributed by atoms with E-state index in [9.17, 15) is 5.11 Å². The van der Waals surface area contributed by atoms with Crippen LogP contribution in [0.2, 0.25) is 5.02 Å². The highest BCUT2D eigenvalue weighted by Gasteiger charge is 2.09. The van der Waals surface area contributed by atoms with E-state index >= 15 is 0 Å². The van der Waals surface area contributed by atoms with Crippen LogP contribution in [0.15, 0.2) is 40.4 Å². The summed E-state index contributed by atoms with van der Waals surface area (Å²) in [6.45, 7) is -0.0108. The summed E-state index contributed by atoms with van der Waals surface area (Å²) in [5.41, 5.74) is 0.835. The lowest BCUT2D eigenvalue weighted by Gasteiger charge is -2.07. The van der Waals surface area contributed by atoms with Crippen LogP contribution in [0.5, 0.6) is 0 Å². The molecule has 0 atom stereocenters. The fourth-order valence-corrected chi connectivity index (χ4v) is 2.64. The summed E-state index contributed by atoms with van der Waals surface area (Å²) in [6, 6.07) is 5.52. The zero-order valence-corrected chi connectivity index (χ0v) is 10.3. The molecule has 0 fully saturated rings. The first-order valence-electron chi connectivity index (χ1n) is 4.75. The summed E-state index contributed by atoms with van der Waals surface area (Å²) in [5.74, 6) is 0. The van der Waals surface area contributed by atoms with Gasteiger partial charge < -0.3 is 5.11 Å². The summed E-state index contributed by atoms with van der Waals surface area (Å²) in [6.07, 6.45) is 3.68. The molecule has 1 N–H and O–H groups in total. The van der Waals surface area contributed by atoms with Crippen LogP contribution < -0.4 is 0 Å². The van der Waals surface area contributed by atoms with Crippen LogP contribution in [0.1, 0.15) is 5.56 Å². The van der Waals surface area contributed by atoms with Crippen molar-refractivity contribution in [3.8, 4) is 0 Å². The molecule has 3 nitrogen and oxygen atoms in total. The van der Waals surface area contributed by atoms with Crippen LogP contribution in [0, 0.1) is 0 Å². The first-order valence-corrected chi connectivity index (χ1v) is 5.95. The first-order chi connectivity index (χ1) is 7.70. The summed E-state index contributed by atoms with van der Waals surface area (Å²) in [5, 5.41) is 14.0. The van der Waals surface area contributed by atoms with Crippen LogP contribution in [0.4, 0.5) is 0 Å². The Bertz CT molecular complexity index is 498. The number of aliphatic hydroxyl groups is 1. The number of hydrogen-bond donors (Lipinski definition) is 1. The molecule has 0 aliphatic heterocycles. The van der Waals surface area contributed by atoms with Gasteiger partial charge in [0.1, 0.15) is 0 Å². The Balaban J connectivity index is 2.33. The molecule has 0 aliphatic carbocycles. The fraction of sp³-hybridized carbons (Fsp3) is 0.182. The number of halogens is 1. The van der Waals surface area contributed by atoms with Crippen molar-refractivity contribution in [3.05, 3.63) is 41.2 Å². The molecular weight excluding hydrogens is 244 g/mol. The zero-order chi connectivity index (χ0) is 11.5. The van der Waals surface area contributed by atoms with Gasteiger partial charge in [-0.15, -0.1) is 0 Å². The van der Waals surface area contributed by atoms with Gasteiger partial charge in [0.15, 0.2) is 0 Å². The molecule has 0 bridgehead atoms. The van der Waals surface area contributed by atoms with Crippen LogP contribution in [0.25, 0.3) is 0 Å². The van der Waals surface area contributed by atoms with E-state index < -0.39 is 0 Å². The molecule has 0 unspecified atom stereocenters. The molecule has 2 aromatic rings. The van der Waals surface area contributed by atoms with E-state index in [1.165, 1.54) is 11.8 Å². The lowest BCUT2D eigenvalue weighted by atomic mass is 10.2. The Morgan fingerprint density at radius 2 is 2.31 bits per heavy atom. The second kappa shape index (κ2) is 4.91. The van der Waals surface area contributed by atoms with Gasteiger partial charge in [-0.2, -0.15) is 5.10 Å². The average molecular weight is 255 g/mol. The normalized spacial score (nSPS) is 10.7. The van der Waals surface area contributed by atoms with E-state index in [1.807, 2.05) is 31.4 Å². The number of benzene rings is 1. The summed E-state index contributed by atoms with van der Waals surface area (Å²) in [4.78, 5) is 1.89. The average Bonchev–Trinajstić information content (AvgIpc) is 2.67. The van der Waals surface area contributed by atoms with Crippen LogP contribution in [-0.2, 0) is 13.7 Å². The summed E-state index contributed by atoms with van der Waals surface area (Å²) in [7, 11) is 1.86. The van der Waals surface area contributed by atoms with Crippen LogP contribution in [-0.4, -0.2) is 14.9 Å². The smallest absolute Gasteiger partial charge is 0.0693 e. The third-order valence-electron chi connectivity index (χ3n) is 2.12. The predicted molar refractivity (Wildman–Crippen MR) is 64.7 cm³/mol. The molecule has 2 rings (SSSR count). The lowest BCUT2D eigenvalue weighted by Crippen LogP contribution is -1.88. The Labute approximate surface area is 103 Å². The van der Waals surface area contributed by atoms with Gasteiger partial charge in [0.2, 0.25) is 0 Å². The van der Waals surface area contributed by atoms with Crippen molar-refractivity contribution in [2.75, 3.05) is 0 Å². The highest BCUT2D eigenvalue weighted by Crippen LogP contribution is 2.35. The van der Waals surface area contributed by atoms with Crippen molar-refractivity contribution in [1.29, 1.82) is 0 Å². The third kappa shape index (κ3) is 2.40. The molecule has 16 heavy (non-hydrogen) atoms. The number of aliphatic hydroxyl groups excluding tert-OH is 1. The van der Waals surface area contributed by atoms with Crippen LogP contribution in [0.3, 0.4) is 0 Å². The number of rotatable bonds is 3. The quantitative estimate of drug-likeness (QED) is 0.915. The minimum absolute atomic E-state index is 0.0108. The molecular formula is C11H11ClN2OS. The van der Waals surface area contributed by atoms with Crippen molar-refractivity contribution in [2.24, 2.45) is 7.05 Å². The Kier molecular flexibility index (Phi) is 3.53. The molecule has 0 aliphatic rings. The highest BCUT2D eigenvalue weighted by atomic mass is 35.5. The second-order valence-corrected chi connectivity index (χ2v) is 4.83. The highest BCUT2D eigenvalue weighted by molar-refractivity contribution is 7.99. The van der Waals surface area contributed by atoms with E-state index in [0.717, 1.165) is 15.4 Å². The maximum Gasteiger partial charge on any atom is 0.0693 e. The first kappa shape index (κ1) is 11.5. The van der Waals surface area contributed by atoms with E-state index in [-0.39, 0.29) is 6.61 Å². The van der Waals surface area contributed by atoms with Gasteiger partial charge in [-0.1, -0.05) is 35.5 Å². The maximum atomic E-state index is 9.23. The number of aromatic nitrogens is 2. The van der Waals surface area contributed by atoms with Gasteiger partial charge >= 0.3 is 0 Å². The minimum Gasteiger partial charge on any atom is -0.392 e. The van der Waals surface area contributed by atoms with Gasteiger partial charge in [0, 0.05) is 18.1 Å². The van der Waals surface area contributed by atoms with E-state index in [2.05, 4.69) is 5.10 Å². The SMILES string of the molecule is Cn1cc(Sc2c(Cl)cccc2CO)cn1. The Morgan fingerprint density at radius 3 is 2.94 bits per heavy atom. The van der Waals surface area contributed by atoms with Crippen molar-refractivity contribution in [3.63, 3.8) is 0 Å². The predicted octanol–water partition coefficient (Wildman–Crippen LogP) is 2.72. The van der Waals surface area contributed by atoms with Crippen molar-refractivity contribution in [2.45, 2.75) is 16.4 Å². The molecule has 1 aromatic heterocycles. The minimum atomic E-state index is -0.0108. The number of hydrogen-bond acceptors (Lipinski definition) is 3. The van der Waals surface area contributed by atoms with Crippen molar-refractivity contribution < 1.29 is 5.11 Å². The number of nitrogens with zero attached hydrogens (tertiary/aromatic N) is 2. The lowest BCUT2D eigenvalue weighted by molar-refractivity contribution is 0.279. The summed E-state index contributed by atoms with van der Waals surface area (Å²) < 4.78 is 1.73. The molecule has 1 heterocycles. The van der Waals surface area contributed by atoms with Gasteiger partial charge in [-0.25, -0.2) is 0 Å². The van der Waals surface area contributed by atoms with Crippen LogP contribution >= 0.6 is 23.4 Å². The molecule has 1 aromatic carbocycles. The molecule has 0 amide bonds. The summed E-state index contributed by atoms with van der Waals surface area (Å²) >= 11 is 7.62.